The van der Waals surface area contributed by atoms with Gasteiger partial charge in [-0.05, 0) is 18.2 Å². The van der Waals surface area contributed by atoms with Crippen LogP contribution in [0.15, 0.2) is 24.4 Å². The van der Waals surface area contributed by atoms with Crippen molar-refractivity contribution in [1.82, 2.24) is 4.98 Å². The second-order valence-electron chi connectivity index (χ2n) is 3.78. The summed E-state index contributed by atoms with van der Waals surface area (Å²) in [4.78, 5) is 26.4. The number of halogens is 1. The van der Waals surface area contributed by atoms with E-state index in [2.05, 4.69) is 9.72 Å². The van der Waals surface area contributed by atoms with Crippen LogP contribution in [0.25, 0.3) is 10.9 Å². The number of rotatable bonds is 2. The number of carbonyl (C=O) groups excluding carboxylic acids is 2. The van der Waals surface area contributed by atoms with Gasteiger partial charge in [0.25, 0.3) is 0 Å². The van der Waals surface area contributed by atoms with E-state index < -0.39 is 17.8 Å². The highest BCUT2D eigenvalue weighted by Gasteiger charge is 2.14. The molecule has 0 saturated carbocycles. The fourth-order valence-electron chi connectivity index (χ4n) is 1.66. The summed E-state index contributed by atoms with van der Waals surface area (Å²) in [7, 11) is 1.22. The number of esters is 2. The summed E-state index contributed by atoms with van der Waals surface area (Å²) in [5, 5.41) is 0.346. The first-order valence-electron chi connectivity index (χ1n) is 5.37. The quantitative estimate of drug-likeness (QED) is 0.613. The third-order valence-electron chi connectivity index (χ3n) is 2.39. The number of hydrogen-bond acceptors (Lipinski definition) is 5. The molecular formula is C13H10FNO4. The third kappa shape index (κ3) is 2.67. The average Bonchev–Trinajstić information content (AvgIpc) is 2.36. The first-order valence-corrected chi connectivity index (χ1v) is 5.37. The van der Waals surface area contributed by atoms with E-state index >= 15 is 0 Å². The van der Waals surface area contributed by atoms with Crippen molar-refractivity contribution in [2.24, 2.45) is 0 Å². The zero-order chi connectivity index (χ0) is 14.0. The van der Waals surface area contributed by atoms with Gasteiger partial charge in [-0.2, -0.15) is 0 Å². The van der Waals surface area contributed by atoms with E-state index in [1.54, 1.807) is 0 Å². The number of aromatic nitrogens is 1. The number of hydrogen-bond donors (Lipinski definition) is 0. The van der Waals surface area contributed by atoms with Gasteiger partial charge >= 0.3 is 11.9 Å². The lowest BCUT2D eigenvalue weighted by atomic mass is 10.1. The van der Waals surface area contributed by atoms with Gasteiger partial charge in [0.15, 0.2) is 5.75 Å². The predicted octanol–water partition coefficient (Wildman–Crippen LogP) is 2.09. The molecular weight excluding hydrogens is 253 g/mol. The highest BCUT2D eigenvalue weighted by atomic mass is 19.1. The standard InChI is InChI=1S/C13H10FNO4/c1-7(16)19-11-5-9(13(17)18-2)3-8-4-10(14)6-15-12(8)11/h3-6H,1-2H3. The maximum Gasteiger partial charge on any atom is 0.338 e. The largest absolute Gasteiger partial charge is 0.465 e. The summed E-state index contributed by atoms with van der Waals surface area (Å²) in [5.74, 6) is -1.64. The SMILES string of the molecule is COC(=O)c1cc(OC(C)=O)c2ncc(F)cc2c1. The molecule has 2 aromatic rings. The van der Waals surface area contributed by atoms with Crippen LogP contribution in [0.5, 0.6) is 5.75 Å². The van der Waals surface area contributed by atoms with Crippen molar-refractivity contribution in [3.63, 3.8) is 0 Å². The van der Waals surface area contributed by atoms with Gasteiger partial charge in [-0.25, -0.2) is 14.2 Å². The molecule has 0 radical (unpaired) electrons. The normalized spacial score (nSPS) is 10.3. The summed E-state index contributed by atoms with van der Waals surface area (Å²) >= 11 is 0. The first-order chi connectivity index (χ1) is 9.01. The molecule has 1 aromatic carbocycles. The van der Waals surface area contributed by atoms with Crippen LogP contribution in [-0.4, -0.2) is 24.0 Å². The number of pyridine rings is 1. The fourth-order valence-corrected chi connectivity index (χ4v) is 1.66. The monoisotopic (exact) mass is 263 g/mol. The third-order valence-corrected chi connectivity index (χ3v) is 2.39. The molecule has 0 aliphatic rings. The topological polar surface area (TPSA) is 65.5 Å². The van der Waals surface area contributed by atoms with Crippen LogP contribution < -0.4 is 4.74 Å². The maximum absolute atomic E-state index is 13.2. The van der Waals surface area contributed by atoms with E-state index in [1.807, 2.05) is 0 Å². The molecule has 6 heteroatoms. The van der Waals surface area contributed by atoms with Gasteiger partial charge in [0, 0.05) is 12.3 Å². The first kappa shape index (κ1) is 12.9. The second-order valence-corrected chi connectivity index (χ2v) is 3.78. The van der Waals surface area contributed by atoms with Crippen molar-refractivity contribution >= 4 is 22.8 Å². The lowest BCUT2D eigenvalue weighted by molar-refractivity contribution is -0.131. The predicted molar refractivity (Wildman–Crippen MR) is 64.3 cm³/mol. The van der Waals surface area contributed by atoms with Crippen LogP contribution in [0.4, 0.5) is 4.39 Å². The Morgan fingerprint density at radius 2 is 2.00 bits per heavy atom. The van der Waals surface area contributed by atoms with Crippen LogP contribution in [0.2, 0.25) is 0 Å². The van der Waals surface area contributed by atoms with E-state index in [0.717, 1.165) is 6.20 Å². The summed E-state index contributed by atoms with van der Waals surface area (Å²) in [6.07, 6.45) is 1.01. The number of ether oxygens (including phenoxy) is 2. The summed E-state index contributed by atoms with van der Waals surface area (Å²) in [6.45, 7) is 1.22. The van der Waals surface area contributed by atoms with Gasteiger partial charge in [-0.3, -0.25) is 4.79 Å². The Hall–Kier alpha value is -2.50. The average molecular weight is 263 g/mol. The molecule has 1 heterocycles. The number of methoxy groups -OCH3 is 1. The van der Waals surface area contributed by atoms with Gasteiger partial charge in [-0.15, -0.1) is 0 Å². The molecule has 19 heavy (non-hydrogen) atoms. The van der Waals surface area contributed by atoms with Gasteiger partial charge < -0.3 is 9.47 Å². The molecule has 0 N–H and O–H groups in total. The Bertz CT molecular complexity index is 669. The lowest BCUT2D eigenvalue weighted by Crippen LogP contribution is -2.06. The van der Waals surface area contributed by atoms with Crippen molar-refractivity contribution in [2.75, 3.05) is 7.11 Å². The Morgan fingerprint density at radius 3 is 2.63 bits per heavy atom. The Morgan fingerprint density at radius 1 is 1.26 bits per heavy atom. The van der Waals surface area contributed by atoms with Crippen molar-refractivity contribution in [1.29, 1.82) is 0 Å². The van der Waals surface area contributed by atoms with Gasteiger partial charge in [0.2, 0.25) is 0 Å². The summed E-state index contributed by atoms with van der Waals surface area (Å²) in [6, 6.07) is 3.95. The highest BCUT2D eigenvalue weighted by Crippen LogP contribution is 2.27. The van der Waals surface area contributed by atoms with Crippen molar-refractivity contribution in [2.45, 2.75) is 6.92 Å². The van der Waals surface area contributed by atoms with E-state index in [-0.39, 0.29) is 11.3 Å². The molecule has 98 valence electrons. The Balaban J connectivity index is 2.68. The van der Waals surface area contributed by atoms with Crippen molar-refractivity contribution in [3.05, 3.63) is 35.8 Å². The summed E-state index contributed by atoms with van der Waals surface area (Å²) in [5.41, 5.74) is 0.447. The van der Waals surface area contributed by atoms with Gasteiger partial charge in [0.05, 0.1) is 18.9 Å². The highest BCUT2D eigenvalue weighted by molar-refractivity contribution is 5.97. The molecule has 0 aliphatic heterocycles. The molecule has 0 atom stereocenters. The lowest BCUT2D eigenvalue weighted by Gasteiger charge is -2.08. The minimum atomic E-state index is -0.612. The fraction of sp³-hybridized carbons (Fsp3) is 0.154. The molecule has 0 saturated heterocycles. The van der Waals surface area contributed by atoms with E-state index in [0.29, 0.717) is 10.9 Å². The number of fused-ring (bicyclic) bond motifs is 1. The molecule has 5 nitrogen and oxygen atoms in total. The smallest absolute Gasteiger partial charge is 0.338 e. The van der Waals surface area contributed by atoms with Crippen LogP contribution in [0.3, 0.4) is 0 Å². The number of benzene rings is 1. The minimum absolute atomic E-state index is 0.0883. The van der Waals surface area contributed by atoms with Gasteiger partial charge in [-0.1, -0.05) is 0 Å². The summed E-state index contributed by atoms with van der Waals surface area (Å²) < 4.78 is 22.7. The zero-order valence-electron chi connectivity index (χ0n) is 10.3. The molecule has 0 unspecified atom stereocenters. The van der Waals surface area contributed by atoms with Crippen LogP contribution >= 0.6 is 0 Å². The van der Waals surface area contributed by atoms with Gasteiger partial charge in [0.1, 0.15) is 11.3 Å². The maximum atomic E-state index is 13.2. The Kier molecular flexibility index (Phi) is 3.41. The molecule has 0 spiro atoms. The molecule has 0 amide bonds. The van der Waals surface area contributed by atoms with Crippen molar-refractivity contribution < 1.29 is 23.5 Å². The van der Waals surface area contributed by atoms with E-state index in [4.69, 9.17) is 4.74 Å². The molecule has 2 rings (SSSR count). The van der Waals surface area contributed by atoms with Crippen LogP contribution in [0, 0.1) is 5.82 Å². The van der Waals surface area contributed by atoms with Crippen LogP contribution in [-0.2, 0) is 9.53 Å². The Labute approximate surface area is 108 Å². The second kappa shape index (κ2) is 5.01. The zero-order valence-corrected chi connectivity index (χ0v) is 10.3. The van der Waals surface area contributed by atoms with E-state index in [1.165, 1.54) is 32.2 Å². The number of carbonyl (C=O) groups is 2. The van der Waals surface area contributed by atoms with Crippen molar-refractivity contribution in [3.8, 4) is 5.75 Å². The molecule has 1 aromatic heterocycles. The molecule has 0 fully saturated rings. The minimum Gasteiger partial charge on any atom is -0.465 e. The molecule has 0 aliphatic carbocycles. The van der Waals surface area contributed by atoms with E-state index in [9.17, 15) is 14.0 Å². The molecule has 0 bridgehead atoms. The number of nitrogens with zero attached hydrogens (tertiary/aromatic N) is 1. The van der Waals surface area contributed by atoms with Crippen LogP contribution in [0.1, 0.15) is 17.3 Å².